The van der Waals surface area contributed by atoms with E-state index in [0.29, 0.717) is 28.0 Å². The highest BCUT2D eigenvalue weighted by Crippen LogP contribution is 2.34. The van der Waals surface area contributed by atoms with Crippen molar-refractivity contribution in [3.63, 3.8) is 0 Å². The summed E-state index contributed by atoms with van der Waals surface area (Å²) in [4.78, 5) is 4.41. The Kier molecular flexibility index (Phi) is 5.60. The first-order chi connectivity index (χ1) is 12.9. The molecule has 0 unspecified atom stereocenters. The highest BCUT2D eigenvalue weighted by molar-refractivity contribution is 7.99. The number of hydrogen-bond donors (Lipinski definition) is 0. The van der Waals surface area contributed by atoms with Crippen molar-refractivity contribution in [1.29, 1.82) is 0 Å². The van der Waals surface area contributed by atoms with Crippen molar-refractivity contribution in [2.75, 3.05) is 12.9 Å². The smallest absolute Gasteiger partial charge is 0.416 e. The van der Waals surface area contributed by atoms with Crippen LogP contribution < -0.4 is 4.74 Å². The topological polar surface area (TPSA) is 27.1 Å². The summed E-state index contributed by atoms with van der Waals surface area (Å²) in [5.74, 6) is 1.29. The first-order valence-corrected chi connectivity index (χ1v) is 9.06. The van der Waals surface area contributed by atoms with Crippen molar-refractivity contribution < 1.29 is 17.9 Å². The molecule has 1 aromatic heterocycles. The number of rotatable bonds is 6. The van der Waals surface area contributed by atoms with Crippen LogP contribution in [0.25, 0.3) is 16.9 Å². The zero-order valence-electron chi connectivity index (χ0n) is 14.5. The minimum Gasteiger partial charge on any atom is -0.497 e. The van der Waals surface area contributed by atoms with E-state index in [-0.39, 0.29) is 0 Å². The summed E-state index contributed by atoms with van der Waals surface area (Å²) in [7, 11) is 1.58. The quantitative estimate of drug-likeness (QED) is 0.391. The molecular weight excluding hydrogens is 373 g/mol. The fourth-order valence-electron chi connectivity index (χ4n) is 2.61. The minimum absolute atomic E-state index is 0.403. The molecule has 1 heterocycles. The first-order valence-electron chi connectivity index (χ1n) is 8.07. The zero-order valence-corrected chi connectivity index (χ0v) is 15.3. The van der Waals surface area contributed by atoms with Crippen molar-refractivity contribution in [3.8, 4) is 22.7 Å². The summed E-state index contributed by atoms with van der Waals surface area (Å²) in [5, 5.41) is 0.597. The second kappa shape index (κ2) is 7.92. The van der Waals surface area contributed by atoms with Crippen LogP contribution in [0.1, 0.15) is 5.56 Å². The van der Waals surface area contributed by atoms with Gasteiger partial charge in [0.1, 0.15) is 5.75 Å². The number of imidazole rings is 1. The predicted molar refractivity (Wildman–Crippen MR) is 101 cm³/mol. The van der Waals surface area contributed by atoms with Gasteiger partial charge in [0.25, 0.3) is 0 Å². The van der Waals surface area contributed by atoms with Crippen molar-refractivity contribution in [1.82, 2.24) is 9.55 Å². The number of benzene rings is 2. The Labute approximate surface area is 159 Å². The molecule has 0 atom stereocenters. The van der Waals surface area contributed by atoms with Gasteiger partial charge in [0.2, 0.25) is 0 Å². The number of alkyl halides is 3. The fourth-order valence-corrected chi connectivity index (χ4v) is 3.33. The van der Waals surface area contributed by atoms with E-state index in [1.807, 2.05) is 12.1 Å². The lowest BCUT2D eigenvalue weighted by molar-refractivity contribution is -0.137. The highest BCUT2D eigenvalue weighted by Gasteiger charge is 2.31. The number of hydrogen-bond acceptors (Lipinski definition) is 3. The molecule has 0 amide bonds. The van der Waals surface area contributed by atoms with Gasteiger partial charge in [-0.25, -0.2) is 4.98 Å². The first kappa shape index (κ1) is 19.1. The van der Waals surface area contributed by atoms with E-state index in [0.717, 1.165) is 17.7 Å². The van der Waals surface area contributed by atoms with Crippen LogP contribution in [-0.4, -0.2) is 22.4 Å². The normalized spacial score (nSPS) is 11.4. The molecule has 0 N–H and O–H groups in total. The molecule has 0 aliphatic carbocycles. The monoisotopic (exact) mass is 390 g/mol. The maximum Gasteiger partial charge on any atom is 0.416 e. The molecule has 0 saturated carbocycles. The summed E-state index contributed by atoms with van der Waals surface area (Å²) in [6.07, 6.45) is -1.03. The number of ether oxygens (including phenoxy) is 1. The lowest BCUT2D eigenvalue weighted by atomic mass is 10.1. The van der Waals surface area contributed by atoms with E-state index in [1.165, 1.54) is 17.8 Å². The number of aromatic nitrogens is 2. The van der Waals surface area contributed by atoms with Crippen molar-refractivity contribution >= 4 is 11.8 Å². The van der Waals surface area contributed by atoms with Crippen LogP contribution in [0, 0.1) is 0 Å². The van der Waals surface area contributed by atoms with Crippen LogP contribution in [0.3, 0.4) is 0 Å². The van der Waals surface area contributed by atoms with Gasteiger partial charge in [0.15, 0.2) is 5.16 Å². The molecule has 0 bridgehead atoms. The molecule has 3 rings (SSSR count). The number of methoxy groups -OCH3 is 1. The summed E-state index contributed by atoms with van der Waals surface area (Å²) in [6.45, 7) is 3.69. The summed E-state index contributed by atoms with van der Waals surface area (Å²) in [6, 6.07) is 12.5. The van der Waals surface area contributed by atoms with Crippen LogP contribution in [0.4, 0.5) is 13.2 Å². The van der Waals surface area contributed by atoms with Gasteiger partial charge in [-0.2, -0.15) is 13.2 Å². The van der Waals surface area contributed by atoms with Gasteiger partial charge < -0.3 is 4.74 Å². The van der Waals surface area contributed by atoms with Crippen LogP contribution in [0.2, 0.25) is 0 Å². The number of nitrogens with zero attached hydrogens (tertiary/aromatic N) is 2. The Hall–Kier alpha value is -2.67. The Morgan fingerprint density at radius 1 is 1.19 bits per heavy atom. The predicted octanol–water partition coefficient (Wildman–Crippen LogP) is 5.84. The van der Waals surface area contributed by atoms with Gasteiger partial charge in [0, 0.05) is 17.0 Å². The van der Waals surface area contributed by atoms with Gasteiger partial charge in [-0.15, -0.1) is 6.58 Å². The Balaban J connectivity index is 2.13. The van der Waals surface area contributed by atoms with E-state index in [1.54, 1.807) is 42.1 Å². The molecule has 0 saturated heterocycles. The third-order valence-corrected chi connectivity index (χ3v) is 4.83. The third kappa shape index (κ3) is 4.19. The summed E-state index contributed by atoms with van der Waals surface area (Å²) < 4.78 is 46.4. The summed E-state index contributed by atoms with van der Waals surface area (Å²) >= 11 is 1.41. The minimum atomic E-state index is -4.41. The van der Waals surface area contributed by atoms with E-state index in [2.05, 4.69) is 11.6 Å². The standard InChI is InChI=1S/C20H17F3N2OS/c1-3-11-27-19-24-13-18(14-7-9-17(26-2)10-8-14)25(19)16-6-4-5-15(12-16)20(21,22)23/h3-10,12-13H,1,11H2,2H3. The number of thioether (sulfide) groups is 1. The fraction of sp³-hybridized carbons (Fsp3) is 0.150. The third-order valence-electron chi connectivity index (χ3n) is 3.88. The van der Waals surface area contributed by atoms with Crippen molar-refractivity contribution in [3.05, 3.63) is 72.9 Å². The second-order valence-corrected chi connectivity index (χ2v) is 6.62. The van der Waals surface area contributed by atoms with E-state index in [4.69, 9.17) is 4.74 Å². The highest BCUT2D eigenvalue weighted by atomic mass is 32.2. The molecular formula is C20H17F3N2OS. The molecule has 27 heavy (non-hydrogen) atoms. The maximum atomic E-state index is 13.2. The van der Waals surface area contributed by atoms with Crippen LogP contribution >= 0.6 is 11.8 Å². The molecule has 3 nitrogen and oxygen atoms in total. The molecule has 3 aromatic rings. The van der Waals surface area contributed by atoms with E-state index < -0.39 is 11.7 Å². The maximum absolute atomic E-state index is 13.2. The van der Waals surface area contributed by atoms with Gasteiger partial charge in [0.05, 0.1) is 24.6 Å². The molecule has 0 spiro atoms. The van der Waals surface area contributed by atoms with Crippen molar-refractivity contribution in [2.24, 2.45) is 0 Å². The largest absolute Gasteiger partial charge is 0.497 e. The SMILES string of the molecule is C=CCSc1ncc(-c2ccc(OC)cc2)n1-c1cccc(C(F)(F)F)c1. The van der Waals surface area contributed by atoms with Crippen molar-refractivity contribution in [2.45, 2.75) is 11.3 Å². The molecule has 0 aliphatic heterocycles. The van der Waals surface area contributed by atoms with Gasteiger partial charge in [-0.3, -0.25) is 4.57 Å². The van der Waals surface area contributed by atoms with E-state index in [9.17, 15) is 13.2 Å². The Bertz CT molecular complexity index is 933. The van der Waals surface area contributed by atoms with Gasteiger partial charge in [-0.05, 0) is 42.5 Å². The van der Waals surface area contributed by atoms with Crippen LogP contribution in [0.5, 0.6) is 5.75 Å². The number of halogens is 3. The molecule has 0 aliphatic rings. The van der Waals surface area contributed by atoms with Crippen LogP contribution in [-0.2, 0) is 6.18 Å². The molecule has 2 aromatic carbocycles. The average molecular weight is 390 g/mol. The Morgan fingerprint density at radius 3 is 2.56 bits per heavy atom. The molecule has 0 fully saturated rings. The molecule has 0 radical (unpaired) electrons. The van der Waals surface area contributed by atoms with Gasteiger partial charge >= 0.3 is 6.18 Å². The lowest BCUT2D eigenvalue weighted by Crippen LogP contribution is -2.07. The zero-order chi connectivity index (χ0) is 19.4. The summed E-state index contributed by atoms with van der Waals surface area (Å²) in [5.41, 5.74) is 1.23. The lowest BCUT2D eigenvalue weighted by Gasteiger charge is -2.14. The Morgan fingerprint density at radius 2 is 1.93 bits per heavy atom. The van der Waals surface area contributed by atoms with Crippen LogP contribution in [0.15, 0.2) is 72.5 Å². The van der Waals surface area contributed by atoms with Gasteiger partial charge in [-0.1, -0.05) is 23.9 Å². The average Bonchev–Trinajstić information content (AvgIpc) is 3.09. The molecule has 7 heteroatoms. The molecule has 140 valence electrons. The second-order valence-electron chi connectivity index (χ2n) is 5.64. The van der Waals surface area contributed by atoms with E-state index >= 15 is 0 Å².